The number of methoxy groups -OCH3 is 1. The van der Waals surface area contributed by atoms with Crippen molar-refractivity contribution in [2.75, 3.05) is 13.7 Å². The first-order chi connectivity index (χ1) is 7.81. The minimum absolute atomic E-state index is 0.275. The van der Waals surface area contributed by atoms with E-state index in [0.29, 0.717) is 11.6 Å². The quantitative estimate of drug-likeness (QED) is 0.775. The Balaban J connectivity index is 2.09. The molecule has 3 heteroatoms. The summed E-state index contributed by atoms with van der Waals surface area (Å²) in [6, 6.07) is 8.12. The Morgan fingerprint density at radius 2 is 2.06 bits per heavy atom. The van der Waals surface area contributed by atoms with Gasteiger partial charge in [0, 0.05) is 6.04 Å². The van der Waals surface area contributed by atoms with Crippen LogP contribution >= 0.6 is 0 Å². The van der Waals surface area contributed by atoms with E-state index in [0.717, 1.165) is 6.54 Å². The molecule has 0 radical (unpaired) electrons. The summed E-state index contributed by atoms with van der Waals surface area (Å²) in [7, 11) is 1.40. The molecule has 1 atom stereocenters. The second-order valence-corrected chi connectivity index (χ2v) is 4.12. The molecule has 86 valence electrons. The van der Waals surface area contributed by atoms with E-state index in [4.69, 9.17) is 0 Å². The highest BCUT2D eigenvalue weighted by Crippen LogP contribution is 2.23. The SMILES string of the molecule is COC(=O)c1ccc(C2CCCCN2)cc1. The van der Waals surface area contributed by atoms with Gasteiger partial charge in [0.05, 0.1) is 12.7 Å². The molecule has 1 unspecified atom stereocenters. The van der Waals surface area contributed by atoms with Crippen LogP contribution in [0, 0.1) is 0 Å². The molecule has 16 heavy (non-hydrogen) atoms. The molecular formula is C13H17NO2. The van der Waals surface area contributed by atoms with Crippen LogP contribution in [0.1, 0.15) is 41.2 Å². The first kappa shape index (κ1) is 11.1. The van der Waals surface area contributed by atoms with Gasteiger partial charge < -0.3 is 10.1 Å². The van der Waals surface area contributed by atoms with E-state index in [1.165, 1.54) is 31.9 Å². The zero-order valence-electron chi connectivity index (χ0n) is 9.53. The number of piperidine rings is 1. The van der Waals surface area contributed by atoms with Gasteiger partial charge in [-0.3, -0.25) is 0 Å². The zero-order chi connectivity index (χ0) is 11.4. The lowest BCUT2D eigenvalue weighted by atomic mass is 9.97. The number of carbonyl (C=O) groups excluding carboxylic acids is 1. The fourth-order valence-corrected chi connectivity index (χ4v) is 2.11. The minimum atomic E-state index is -0.275. The topological polar surface area (TPSA) is 38.3 Å². The first-order valence-electron chi connectivity index (χ1n) is 5.73. The third-order valence-corrected chi connectivity index (χ3v) is 3.04. The number of hydrogen-bond acceptors (Lipinski definition) is 3. The van der Waals surface area contributed by atoms with E-state index in [1.807, 2.05) is 24.3 Å². The van der Waals surface area contributed by atoms with Gasteiger partial charge in [0.25, 0.3) is 0 Å². The lowest BCUT2D eigenvalue weighted by Gasteiger charge is -2.23. The second-order valence-electron chi connectivity index (χ2n) is 4.12. The van der Waals surface area contributed by atoms with Gasteiger partial charge in [-0.05, 0) is 37.1 Å². The minimum Gasteiger partial charge on any atom is -0.465 e. The Labute approximate surface area is 95.8 Å². The maximum absolute atomic E-state index is 11.3. The Morgan fingerprint density at radius 3 is 2.62 bits per heavy atom. The molecule has 1 aliphatic rings. The maximum Gasteiger partial charge on any atom is 0.337 e. The number of benzene rings is 1. The molecule has 1 saturated heterocycles. The van der Waals surface area contributed by atoms with Crippen LogP contribution in [0.4, 0.5) is 0 Å². The van der Waals surface area contributed by atoms with E-state index in [-0.39, 0.29) is 5.97 Å². The summed E-state index contributed by atoms with van der Waals surface area (Å²) in [6.07, 6.45) is 3.71. The van der Waals surface area contributed by atoms with Crippen molar-refractivity contribution < 1.29 is 9.53 Å². The summed E-state index contributed by atoms with van der Waals surface area (Å²) in [4.78, 5) is 11.3. The van der Waals surface area contributed by atoms with Crippen molar-refractivity contribution in [1.29, 1.82) is 0 Å². The second kappa shape index (κ2) is 5.12. The van der Waals surface area contributed by atoms with Crippen molar-refractivity contribution in [1.82, 2.24) is 5.32 Å². The molecule has 0 spiro atoms. The van der Waals surface area contributed by atoms with Gasteiger partial charge in [-0.1, -0.05) is 18.6 Å². The van der Waals surface area contributed by atoms with Crippen molar-refractivity contribution in [2.45, 2.75) is 25.3 Å². The van der Waals surface area contributed by atoms with Crippen LogP contribution < -0.4 is 5.32 Å². The molecule has 0 aliphatic carbocycles. The normalized spacial score (nSPS) is 20.4. The van der Waals surface area contributed by atoms with Gasteiger partial charge in [0.1, 0.15) is 0 Å². The van der Waals surface area contributed by atoms with Crippen molar-refractivity contribution in [3.63, 3.8) is 0 Å². The molecule has 1 N–H and O–H groups in total. The summed E-state index contributed by atoms with van der Waals surface area (Å²) in [5.74, 6) is -0.275. The highest BCUT2D eigenvalue weighted by Gasteiger charge is 2.14. The van der Waals surface area contributed by atoms with E-state index in [9.17, 15) is 4.79 Å². The summed E-state index contributed by atoms with van der Waals surface area (Å²) >= 11 is 0. The van der Waals surface area contributed by atoms with Crippen molar-refractivity contribution >= 4 is 5.97 Å². The molecule has 1 aliphatic heterocycles. The first-order valence-corrected chi connectivity index (χ1v) is 5.73. The maximum atomic E-state index is 11.3. The number of carbonyl (C=O) groups is 1. The summed E-state index contributed by atoms with van der Waals surface area (Å²) < 4.78 is 4.67. The van der Waals surface area contributed by atoms with Gasteiger partial charge in [-0.25, -0.2) is 4.79 Å². The molecule has 3 nitrogen and oxygen atoms in total. The monoisotopic (exact) mass is 219 g/mol. The van der Waals surface area contributed by atoms with Crippen molar-refractivity contribution in [2.24, 2.45) is 0 Å². The van der Waals surface area contributed by atoms with Crippen LogP contribution in [0.3, 0.4) is 0 Å². The smallest absolute Gasteiger partial charge is 0.337 e. The number of hydrogen-bond donors (Lipinski definition) is 1. The van der Waals surface area contributed by atoms with Crippen LogP contribution in [0.2, 0.25) is 0 Å². The van der Waals surface area contributed by atoms with E-state index < -0.39 is 0 Å². The summed E-state index contributed by atoms with van der Waals surface area (Å²) in [5, 5.41) is 3.48. The number of esters is 1. The van der Waals surface area contributed by atoms with Crippen molar-refractivity contribution in [3.8, 4) is 0 Å². The van der Waals surface area contributed by atoms with Gasteiger partial charge in [0.2, 0.25) is 0 Å². The highest BCUT2D eigenvalue weighted by molar-refractivity contribution is 5.89. The fourth-order valence-electron chi connectivity index (χ4n) is 2.11. The molecule has 2 rings (SSSR count). The molecule has 1 heterocycles. The average molecular weight is 219 g/mol. The Hall–Kier alpha value is -1.35. The molecule has 1 aromatic rings. The third-order valence-electron chi connectivity index (χ3n) is 3.04. The van der Waals surface area contributed by atoms with Gasteiger partial charge >= 0.3 is 5.97 Å². The van der Waals surface area contributed by atoms with Crippen LogP contribution in [-0.2, 0) is 4.74 Å². The van der Waals surface area contributed by atoms with Crippen LogP contribution in [0.15, 0.2) is 24.3 Å². The molecule has 0 aromatic heterocycles. The zero-order valence-corrected chi connectivity index (χ0v) is 9.53. The van der Waals surface area contributed by atoms with Crippen LogP contribution in [0.5, 0.6) is 0 Å². The molecule has 0 amide bonds. The van der Waals surface area contributed by atoms with Crippen LogP contribution in [-0.4, -0.2) is 19.6 Å². The third kappa shape index (κ3) is 2.42. The predicted molar refractivity (Wildman–Crippen MR) is 62.4 cm³/mol. The van der Waals surface area contributed by atoms with E-state index in [2.05, 4.69) is 10.1 Å². The highest BCUT2D eigenvalue weighted by atomic mass is 16.5. The Bertz CT molecular complexity index is 353. The Morgan fingerprint density at radius 1 is 1.31 bits per heavy atom. The number of nitrogens with one attached hydrogen (secondary N) is 1. The van der Waals surface area contributed by atoms with Gasteiger partial charge in [-0.2, -0.15) is 0 Å². The largest absolute Gasteiger partial charge is 0.465 e. The Kier molecular flexibility index (Phi) is 3.57. The fraction of sp³-hybridized carbons (Fsp3) is 0.462. The summed E-state index contributed by atoms with van der Waals surface area (Å²) in [6.45, 7) is 1.09. The molecule has 0 saturated carbocycles. The van der Waals surface area contributed by atoms with Gasteiger partial charge in [0.15, 0.2) is 0 Å². The lowest BCUT2D eigenvalue weighted by Crippen LogP contribution is -2.26. The lowest BCUT2D eigenvalue weighted by molar-refractivity contribution is 0.0600. The number of rotatable bonds is 2. The van der Waals surface area contributed by atoms with Crippen LogP contribution in [0.25, 0.3) is 0 Å². The van der Waals surface area contributed by atoms with Crippen molar-refractivity contribution in [3.05, 3.63) is 35.4 Å². The molecule has 0 bridgehead atoms. The van der Waals surface area contributed by atoms with E-state index in [1.54, 1.807) is 0 Å². The molecule has 1 aromatic carbocycles. The predicted octanol–water partition coefficient (Wildman–Crippen LogP) is 2.29. The summed E-state index contributed by atoms with van der Waals surface area (Å²) in [5.41, 5.74) is 1.87. The van der Waals surface area contributed by atoms with E-state index >= 15 is 0 Å². The van der Waals surface area contributed by atoms with Gasteiger partial charge in [-0.15, -0.1) is 0 Å². The molecule has 1 fully saturated rings. The molecular weight excluding hydrogens is 202 g/mol. The average Bonchev–Trinajstić information content (AvgIpc) is 2.39. The number of ether oxygens (including phenoxy) is 1. The standard InChI is InChI=1S/C13H17NO2/c1-16-13(15)11-7-5-10(6-8-11)12-4-2-3-9-14-12/h5-8,12,14H,2-4,9H2,1H3.